The first kappa shape index (κ1) is 15.3. The van der Waals surface area contributed by atoms with E-state index in [9.17, 15) is 9.90 Å². The molecular formula is C15H22O4. The Labute approximate surface area is 114 Å². The molecule has 1 N–H and O–H groups in total. The predicted molar refractivity (Wildman–Crippen MR) is 74.1 cm³/mol. The van der Waals surface area contributed by atoms with E-state index in [0.29, 0.717) is 30.6 Å². The molecule has 0 unspecified atom stereocenters. The van der Waals surface area contributed by atoms with Crippen LogP contribution in [0.2, 0.25) is 0 Å². The summed E-state index contributed by atoms with van der Waals surface area (Å²) in [5.41, 5.74) is 0.150. The molecule has 4 nitrogen and oxygen atoms in total. The molecule has 19 heavy (non-hydrogen) atoms. The number of hydrogen-bond donors (Lipinski definition) is 1. The number of carbonyl (C=O) groups is 1. The van der Waals surface area contributed by atoms with E-state index in [1.165, 1.54) is 6.07 Å². The zero-order valence-electron chi connectivity index (χ0n) is 11.8. The molecule has 0 spiro atoms. The van der Waals surface area contributed by atoms with Crippen LogP contribution in [0.4, 0.5) is 0 Å². The Hall–Kier alpha value is -1.71. The lowest BCUT2D eigenvalue weighted by Gasteiger charge is -2.17. The van der Waals surface area contributed by atoms with Crippen molar-refractivity contribution in [1.29, 1.82) is 0 Å². The molecule has 106 valence electrons. The van der Waals surface area contributed by atoms with Gasteiger partial charge >= 0.3 is 5.97 Å². The molecule has 0 aliphatic rings. The molecule has 0 fully saturated rings. The molecule has 0 bridgehead atoms. The van der Waals surface area contributed by atoms with Crippen LogP contribution in [-0.2, 0) is 0 Å². The Balaban J connectivity index is 2.96. The van der Waals surface area contributed by atoms with E-state index in [1.807, 2.05) is 6.92 Å². The number of ether oxygens (including phenoxy) is 2. The van der Waals surface area contributed by atoms with Gasteiger partial charge in [-0.05, 0) is 25.0 Å². The maximum Gasteiger partial charge on any atom is 0.339 e. The highest BCUT2D eigenvalue weighted by atomic mass is 16.5. The second-order valence-electron chi connectivity index (χ2n) is 4.36. The normalized spacial score (nSPS) is 10.5. The average Bonchev–Trinajstić information content (AvgIpc) is 2.41. The predicted octanol–water partition coefficient (Wildman–Crippen LogP) is 3.60. The highest BCUT2D eigenvalue weighted by Crippen LogP contribution is 2.32. The summed E-state index contributed by atoms with van der Waals surface area (Å²) >= 11 is 0. The first-order chi connectivity index (χ1) is 9.13. The van der Waals surface area contributed by atoms with Crippen molar-refractivity contribution in [2.75, 3.05) is 13.2 Å². The van der Waals surface area contributed by atoms with E-state index >= 15 is 0 Å². The molecule has 0 aromatic heterocycles. The minimum absolute atomic E-state index is 0.150. The lowest BCUT2D eigenvalue weighted by Crippen LogP contribution is -2.13. The van der Waals surface area contributed by atoms with Crippen molar-refractivity contribution in [3.8, 4) is 11.5 Å². The fourth-order valence-corrected chi connectivity index (χ4v) is 1.83. The lowest BCUT2D eigenvalue weighted by molar-refractivity contribution is 0.0690. The maximum atomic E-state index is 11.2. The third-order valence-corrected chi connectivity index (χ3v) is 3.13. The molecule has 0 radical (unpaired) electrons. The van der Waals surface area contributed by atoms with Crippen molar-refractivity contribution >= 4 is 5.97 Å². The van der Waals surface area contributed by atoms with E-state index in [-0.39, 0.29) is 5.56 Å². The van der Waals surface area contributed by atoms with Crippen LogP contribution >= 0.6 is 0 Å². The zero-order valence-corrected chi connectivity index (χ0v) is 11.8. The number of aromatic carboxylic acids is 1. The Bertz CT molecular complexity index is 411. The number of rotatable bonds is 8. The van der Waals surface area contributed by atoms with E-state index < -0.39 is 5.97 Å². The van der Waals surface area contributed by atoms with Gasteiger partial charge in [-0.15, -0.1) is 0 Å². The third kappa shape index (κ3) is 4.16. The molecule has 0 aliphatic heterocycles. The quantitative estimate of drug-likeness (QED) is 0.781. The second-order valence-corrected chi connectivity index (χ2v) is 4.36. The van der Waals surface area contributed by atoms with Crippen LogP contribution in [0.25, 0.3) is 0 Å². The fourth-order valence-electron chi connectivity index (χ4n) is 1.83. The number of benzene rings is 1. The Morgan fingerprint density at radius 1 is 1.21 bits per heavy atom. The van der Waals surface area contributed by atoms with Crippen LogP contribution in [-0.4, -0.2) is 24.3 Å². The van der Waals surface area contributed by atoms with Gasteiger partial charge in [0.15, 0.2) is 11.5 Å². The zero-order chi connectivity index (χ0) is 14.3. The second kappa shape index (κ2) is 7.67. The molecule has 0 saturated heterocycles. The maximum absolute atomic E-state index is 11.2. The van der Waals surface area contributed by atoms with Crippen LogP contribution in [0.3, 0.4) is 0 Å². The largest absolute Gasteiger partial charge is 0.490 e. The molecule has 1 aromatic carbocycles. The molecule has 1 aromatic rings. The van der Waals surface area contributed by atoms with Gasteiger partial charge in [-0.2, -0.15) is 0 Å². The van der Waals surface area contributed by atoms with Crippen molar-refractivity contribution in [1.82, 2.24) is 0 Å². The topological polar surface area (TPSA) is 55.8 Å². The van der Waals surface area contributed by atoms with Crippen LogP contribution in [0.5, 0.6) is 11.5 Å². The van der Waals surface area contributed by atoms with Gasteiger partial charge in [0.05, 0.1) is 13.2 Å². The summed E-state index contributed by atoms with van der Waals surface area (Å²) in [4.78, 5) is 11.2. The van der Waals surface area contributed by atoms with E-state index in [4.69, 9.17) is 9.47 Å². The monoisotopic (exact) mass is 266 g/mol. The van der Waals surface area contributed by atoms with E-state index in [2.05, 4.69) is 13.8 Å². The summed E-state index contributed by atoms with van der Waals surface area (Å²) in [5, 5.41) is 9.20. The van der Waals surface area contributed by atoms with Crippen LogP contribution in [0.15, 0.2) is 18.2 Å². The van der Waals surface area contributed by atoms with Crippen molar-refractivity contribution in [3.05, 3.63) is 23.8 Å². The molecular weight excluding hydrogens is 244 g/mol. The summed E-state index contributed by atoms with van der Waals surface area (Å²) in [6.45, 7) is 7.05. The number of hydrogen-bond acceptors (Lipinski definition) is 3. The number of para-hydroxylation sites is 1. The SMILES string of the molecule is CCOc1cccc(C(=O)O)c1OCC(CC)CC. The van der Waals surface area contributed by atoms with Crippen molar-refractivity contribution in [3.63, 3.8) is 0 Å². The van der Waals surface area contributed by atoms with Crippen LogP contribution in [0.1, 0.15) is 44.0 Å². The molecule has 0 amide bonds. The molecule has 0 saturated carbocycles. The Morgan fingerprint density at radius 2 is 1.89 bits per heavy atom. The molecule has 0 aliphatic carbocycles. The average molecular weight is 266 g/mol. The lowest BCUT2D eigenvalue weighted by atomic mass is 10.1. The first-order valence-electron chi connectivity index (χ1n) is 6.75. The molecule has 0 heterocycles. The van der Waals surface area contributed by atoms with Crippen molar-refractivity contribution in [2.24, 2.45) is 5.92 Å². The smallest absolute Gasteiger partial charge is 0.339 e. The van der Waals surface area contributed by atoms with Gasteiger partial charge in [0.25, 0.3) is 0 Å². The molecule has 4 heteroatoms. The minimum Gasteiger partial charge on any atom is -0.490 e. The summed E-state index contributed by atoms with van der Waals surface area (Å²) in [6.07, 6.45) is 2.02. The van der Waals surface area contributed by atoms with E-state index in [1.54, 1.807) is 12.1 Å². The van der Waals surface area contributed by atoms with Gasteiger partial charge in [-0.3, -0.25) is 0 Å². The Kier molecular flexibility index (Phi) is 6.19. The number of carboxylic acid groups (broad SMARTS) is 1. The minimum atomic E-state index is -0.999. The highest BCUT2D eigenvalue weighted by Gasteiger charge is 2.17. The Morgan fingerprint density at radius 3 is 2.42 bits per heavy atom. The van der Waals surface area contributed by atoms with Gasteiger partial charge in [-0.1, -0.05) is 32.8 Å². The third-order valence-electron chi connectivity index (χ3n) is 3.13. The molecule has 1 rings (SSSR count). The summed E-state index contributed by atoms with van der Waals surface area (Å²) in [5.74, 6) is 0.259. The van der Waals surface area contributed by atoms with E-state index in [0.717, 1.165) is 12.8 Å². The van der Waals surface area contributed by atoms with Gasteiger partial charge in [0.1, 0.15) is 5.56 Å². The fraction of sp³-hybridized carbons (Fsp3) is 0.533. The van der Waals surface area contributed by atoms with Crippen LogP contribution < -0.4 is 9.47 Å². The first-order valence-corrected chi connectivity index (χ1v) is 6.75. The molecule has 0 atom stereocenters. The van der Waals surface area contributed by atoms with Crippen LogP contribution in [0, 0.1) is 5.92 Å². The highest BCUT2D eigenvalue weighted by molar-refractivity contribution is 5.92. The van der Waals surface area contributed by atoms with Gasteiger partial charge in [0, 0.05) is 0 Å². The standard InChI is InChI=1S/C15H22O4/c1-4-11(5-2)10-19-14-12(15(16)17)8-7-9-13(14)18-6-3/h7-9,11H,4-6,10H2,1-3H3,(H,16,17). The van der Waals surface area contributed by atoms with Gasteiger partial charge in [0.2, 0.25) is 0 Å². The number of carboxylic acids is 1. The van der Waals surface area contributed by atoms with Gasteiger partial charge in [-0.25, -0.2) is 4.79 Å². The van der Waals surface area contributed by atoms with Crippen molar-refractivity contribution in [2.45, 2.75) is 33.6 Å². The summed E-state index contributed by atoms with van der Waals surface area (Å²) in [6, 6.07) is 4.93. The summed E-state index contributed by atoms with van der Waals surface area (Å²) in [7, 11) is 0. The van der Waals surface area contributed by atoms with Crippen molar-refractivity contribution < 1.29 is 19.4 Å². The van der Waals surface area contributed by atoms with Gasteiger partial charge < -0.3 is 14.6 Å². The summed E-state index contributed by atoms with van der Waals surface area (Å²) < 4.78 is 11.2.